The molecule has 2 N–H and O–H groups in total. The first-order chi connectivity index (χ1) is 7.66. The van der Waals surface area contributed by atoms with Crippen LogP contribution in [0.5, 0.6) is 0 Å². The molecule has 0 radical (unpaired) electrons. The summed E-state index contributed by atoms with van der Waals surface area (Å²) in [6.07, 6.45) is 0. The topological polar surface area (TPSA) is 38.9 Å². The lowest BCUT2D eigenvalue weighted by Gasteiger charge is -2.05. The van der Waals surface area contributed by atoms with Crippen molar-refractivity contribution in [3.63, 3.8) is 0 Å². The van der Waals surface area contributed by atoms with Crippen molar-refractivity contribution in [2.75, 3.05) is 5.73 Å². The van der Waals surface area contributed by atoms with E-state index >= 15 is 0 Å². The molecule has 16 heavy (non-hydrogen) atoms. The van der Waals surface area contributed by atoms with E-state index in [2.05, 4.69) is 4.98 Å². The van der Waals surface area contributed by atoms with Crippen LogP contribution < -0.4 is 5.73 Å². The van der Waals surface area contributed by atoms with Crippen LogP contribution in [0.4, 0.5) is 10.1 Å². The van der Waals surface area contributed by atoms with Crippen molar-refractivity contribution < 1.29 is 4.39 Å². The average Bonchev–Trinajstić information content (AvgIpc) is 2.27. The highest BCUT2D eigenvalue weighted by Gasteiger charge is 2.07. The number of halogens is 2. The Labute approximate surface area is 102 Å². The molecule has 0 aliphatic rings. The molecule has 2 rings (SSSR count). The van der Waals surface area contributed by atoms with Crippen molar-refractivity contribution in [1.29, 1.82) is 0 Å². The van der Waals surface area contributed by atoms with Gasteiger partial charge in [-0.3, -0.25) is 0 Å². The number of rotatable bonds is 2. The third-order valence-corrected chi connectivity index (χ3v) is 3.18. The minimum Gasteiger partial charge on any atom is -0.397 e. The minimum absolute atomic E-state index is 0.298. The fourth-order valence-electron chi connectivity index (χ4n) is 1.14. The molecule has 2 nitrogen and oxygen atoms in total. The second-order valence-corrected chi connectivity index (χ2v) is 4.48. The number of nitrogens with two attached hydrogens (primary N) is 1. The molecule has 0 fully saturated rings. The van der Waals surface area contributed by atoms with E-state index in [4.69, 9.17) is 17.3 Å². The Bertz CT molecular complexity index is 519. The Morgan fingerprint density at radius 1 is 1.19 bits per heavy atom. The maximum atomic E-state index is 13.4. The summed E-state index contributed by atoms with van der Waals surface area (Å²) < 4.78 is 13.4. The highest BCUT2D eigenvalue weighted by Crippen LogP contribution is 2.32. The molecular formula is C11H8ClFN2S. The van der Waals surface area contributed by atoms with Gasteiger partial charge < -0.3 is 5.73 Å². The molecule has 0 atom stereocenters. The van der Waals surface area contributed by atoms with E-state index in [-0.39, 0.29) is 5.82 Å². The van der Waals surface area contributed by atoms with Crippen LogP contribution in [0.15, 0.2) is 46.3 Å². The number of benzene rings is 1. The van der Waals surface area contributed by atoms with Crippen LogP contribution in [0.2, 0.25) is 5.15 Å². The van der Waals surface area contributed by atoms with E-state index in [1.165, 1.54) is 6.07 Å². The second-order valence-electron chi connectivity index (χ2n) is 3.06. The van der Waals surface area contributed by atoms with E-state index in [9.17, 15) is 4.39 Å². The Morgan fingerprint density at radius 3 is 2.69 bits per heavy atom. The van der Waals surface area contributed by atoms with Crippen molar-refractivity contribution in [2.24, 2.45) is 0 Å². The molecule has 0 unspecified atom stereocenters. The van der Waals surface area contributed by atoms with E-state index in [0.29, 0.717) is 20.8 Å². The fraction of sp³-hybridized carbons (Fsp3) is 0. The molecule has 5 heteroatoms. The monoisotopic (exact) mass is 254 g/mol. The van der Waals surface area contributed by atoms with Crippen LogP contribution in [0.25, 0.3) is 0 Å². The highest BCUT2D eigenvalue weighted by atomic mass is 35.5. The third kappa shape index (κ3) is 2.46. The summed E-state index contributed by atoms with van der Waals surface area (Å²) in [7, 11) is 0. The van der Waals surface area contributed by atoms with Gasteiger partial charge in [0, 0.05) is 4.90 Å². The number of aromatic nitrogens is 1. The fourth-order valence-corrected chi connectivity index (χ4v) is 2.19. The molecule has 0 aliphatic heterocycles. The van der Waals surface area contributed by atoms with Crippen LogP contribution in [0.3, 0.4) is 0 Å². The largest absolute Gasteiger partial charge is 0.397 e. The van der Waals surface area contributed by atoms with Crippen LogP contribution in [0, 0.1) is 5.82 Å². The standard InChI is InChI=1S/C11H8ClFN2S/c12-10-6-5-8(14)11(15-10)16-9-4-2-1-3-7(9)13/h1-6H,14H2. The molecule has 1 aromatic heterocycles. The summed E-state index contributed by atoms with van der Waals surface area (Å²) in [5.41, 5.74) is 6.21. The first-order valence-electron chi connectivity index (χ1n) is 4.51. The van der Waals surface area contributed by atoms with E-state index in [1.807, 2.05) is 0 Å². The molecule has 2 aromatic rings. The predicted octanol–water partition coefficient (Wildman–Crippen LogP) is 3.61. The maximum Gasteiger partial charge on any atom is 0.137 e. The first-order valence-corrected chi connectivity index (χ1v) is 5.70. The Morgan fingerprint density at radius 2 is 1.94 bits per heavy atom. The predicted molar refractivity (Wildman–Crippen MR) is 64.2 cm³/mol. The lowest BCUT2D eigenvalue weighted by molar-refractivity contribution is 0.602. The van der Waals surface area contributed by atoms with Gasteiger partial charge >= 0.3 is 0 Å². The highest BCUT2D eigenvalue weighted by molar-refractivity contribution is 7.99. The molecule has 0 spiro atoms. The number of nitrogen functional groups attached to an aromatic ring is 1. The van der Waals surface area contributed by atoms with Crippen molar-refractivity contribution in [3.05, 3.63) is 47.4 Å². The number of nitrogens with zero attached hydrogens (tertiary/aromatic N) is 1. The molecule has 82 valence electrons. The third-order valence-electron chi connectivity index (χ3n) is 1.90. The molecule has 0 bridgehead atoms. The summed E-state index contributed by atoms with van der Waals surface area (Å²) >= 11 is 6.91. The summed E-state index contributed by atoms with van der Waals surface area (Å²) in [4.78, 5) is 4.52. The lowest BCUT2D eigenvalue weighted by atomic mass is 10.3. The smallest absolute Gasteiger partial charge is 0.137 e. The van der Waals surface area contributed by atoms with Crippen molar-refractivity contribution in [1.82, 2.24) is 4.98 Å². The number of hydrogen-bond acceptors (Lipinski definition) is 3. The van der Waals surface area contributed by atoms with Crippen LogP contribution in [-0.4, -0.2) is 4.98 Å². The minimum atomic E-state index is -0.298. The van der Waals surface area contributed by atoms with E-state index < -0.39 is 0 Å². The Hall–Kier alpha value is -1.26. The van der Waals surface area contributed by atoms with Gasteiger partial charge in [0.2, 0.25) is 0 Å². The summed E-state index contributed by atoms with van der Waals surface area (Å²) in [6, 6.07) is 9.70. The van der Waals surface area contributed by atoms with Crippen LogP contribution in [-0.2, 0) is 0 Å². The lowest BCUT2D eigenvalue weighted by Crippen LogP contribution is -1.92. The van der Waals surface area contributed by atoms with Gasteiger partial charge in [0.05, 0.1) is 5.69 Å². The van der Waals surface area contributed by atoms with Gasteiger partial charge in [-0.25, -0.2) is 9.37 Å². The van der Waals surface area contributed by atoms with Gasteiger partial charge in [0.1, 0.15) is 16.0 Å². The van der Waals surface area contributed by atoms with Gasteiger partial charge in [0.15, 0.2) is 0 Å². The Balaban J connectivity index is 2.34. The van der Waals surface area contributed by atoms with Crippen molar-refractivity contribution >= 4 is 29.1 Å². The number of anilines is 1. The zero-order valence-corrected chi connectivity index (χ0v) is 9.73. The molecule has 0 aliphatic carbocycles. The molecule has 0 saturated carbocycles. The molecule has 1 aromatic carbocycles. The van der Waals surface area contributed by atoms with Gasteiger partial charge in [-0.15, -0.1) is 0 Å². The van der Waals surface area contributed by atoms with E-state index in [1.54, 1.807) is 30.3 Å². The van der Waals surface area contributed by atoms with Crippen LogP contribution in [0.1, 0.15) is 0 Å². The van der Waals surface area contributed by atoms with Crippen molar-refractivity contribution in [3.8, 4) is 0 Å². The zero-order valence-electron chi connectivity index (χ0n) is 8.15. The molecular weight excluding hydrogens is 247 g/mol. The van der Waals surface area contributed by atoms with Crippen LogP contribution >= 0.6 is 23.4 Å². The van der Waals surface area contributed by atoms with Gasteiger partial charge in [-0.2, -0.15) is 0 Å². The van der Waals surface area contributed by atoms with E-state index in [0.717, 1.165) is 11.8 Å². The molecule has 0 saturated heterocycles. The second kappa shape index (κ2) is 4.72. The maximum absolute atomic E-state index is 13.4. The van der Waals surface area contributed by atoms with Gasteiger partial charge in [-0.1, -0.05) is 35.5 Å². The number of pyridine rings is 1. The normalized spacial score (nSPS) is 10.4. The van der Waals surface area contributed by atoms with Gasteiger partial charge in [0.25, 0.3) is 0 Å². The Kier molecular flexibility index (Phi) is 3.31. The van der Waals surface area contributed by atoms with Gasteiger partial charge in [-0.05, 0) is 24.3 Å². The summed E-state index contributed by atoms with van der Waals surface area (Å²) in [6.45, 7) is 0. The summed E-state index contributed by atoms with van der Waals surface area (Å²) in [5.74, 6) is -0.298. The SMILES string of the molecule is Nc1ccc(Cl)nc1Sc1ccccc1F. The zero-order chi connectivity index (χ0) is 11.5. The molecule has 0 amide bonds. The molecule has 1 heterocycles. The van der Waals surface area contributed by atoms with Crippen molar-refractivity contribution in [2.45, 2.75) is 9.92 Å². The summed E-state index contributed by atoms with van der Waals surface area (Å²) in [5, 5.41) is 0.852. The quantitative estimate of drug-likeness (QED) is 0.832. The first kappa shape index (κ1) is 11.2. The number of hydrogen-bond donors (Lipinski definition) is 1. The average molecular weight is 255 g/mol.